The number of aryl methyl sites for hydroxylation is 1. The summed E-state index contributed by atoms with van der Waals surface area (Å²) in [5, 5.41) is 11.8. The molecule has 106 valence electrons. The van der Waals surface area contributed by atoms with Gasteiger partial charge in [-0.05, 0) is 56.5 Å². The Labute approximate surface area is 132 Å². The molecule has 1 aromatic rings. The van der Waals surface area contributed by atoms with Gasteiger partial charge in [0, 0.05) is 15.0 Å². The van der Waals surface area contributed by atoms with E-state index >= 15 is 0 Å². The second-order valence-electron chi connectivity index (χ2n) is 4.31. The SMILES string of the molecule is Cc1cc(Br)c(NC2=CC(=O)N(CCO)C2=O)c(Br)c1. The lowest BCUT2D eigenvalue weighted by atomic mass is 10.2. The molecular weight excluding hydrogens is 392 g/mol. The molecule has 0 bridgehead atoms. The van der Waals surface area contributed by atoms with E-state index in [1.54, 1.807) is 0 Å². The first kappa shape index (κ1) is 15.2. The highest BCUT2D eigenvalue weighted by Gasteiger charge is 2.31. The summed E-state index contributed by atoms with van der Waals surface area (Å²) in [7, 11) is 0. The van der Waals surface area contributed by atoms with Crippen LogP contribution in [0.15, 0.2) is 32.9 Å². The molecule has 0 spiro atoms. The number of carbonyl (C=O) groups excluding carboxylic acids is 2. The van der Waals surface area contributed by atoms with Gasteiger partial charge in [-0.3, -0.25) is 14.5 Å². The van der Waals surface area contributed by atoms with Crippen molar-refractivity contribution in [2.45, 2.75) is 6.92 Å². The summed E-state index contributed by atoms with van der Waals surface area (Å²) in [4.78, 5) is 24.7. The molecule has 1 aliphatic rings. The zero-order valence-corrected chi connectivity index (χ0v) is 13.8. The minimum atomic E-state index is -0.441. The predicted molar refractivity (Wildman–Crippen MR) is 82.1 cm³/mol. The average molecular weight is 404 g/mol. The number of β-amino-alcohol motifs (C(OH)–C–C–N with tert-alkyl or cyclic N) is 1. The molecule has 0 saturated heterocycles. The lowest BCUT2D eigenvalue weighted by Crippen LogP contribution is -2.34. The van der Waals surface area contributed by atoms with Crippen molar-refractivity contribution in [3.05, 3.63) is 38.4 Å². The van der Waals surface area contributed by atoms with Gasteiger partial charge in [-0.2, -0.15) is 0 Å². The summed E-state index contributed by atoms with van der Waals surface area (Å²) < 4.78 is 1.57. The number of aliphatic hydroxyl groups excluding tert-OH is 1. The number of halogens is 2. The first-order valence-corrected chi connectivity index (χ1v) is 7.43. The zero-order chi connectivity index (χ0) is 14.9. The highest BCUT2D eigenvalue weighted by atomic mass is 79.9. The van der Waals surface area contributed by atoms with Gasteiger partial charge in [-0.15, -0.1) is 0 Å². The van der Waals surface area contributed by atoms with Crippen LogP contribution in [0.25, 0.3) is 0 Å². The maximum absolute atomic E-state index is 12.0. The summed E-state index contributed by atoms with van der Waals surface area (Å²) >= 11 is 6.83. The number of aliphatic hydroxyl groups is 1. The average Bonchev–Trinajstić information content (AvgIpc) is 2.62. The molecule has 0 saturated carbocycles. The number of hydrogen-bond donors (Lipinski definition) is 2. The molecule has 7 heteroatoms. The Morgan fingerprint density at radius 1 is 1.25 bits per heavy atom. The van der Waals surface area contributed by atoms with Crippen molar-refractivity contribution in [3.63, 3.8) is 0 Å². The Morgan fingerprint density at radius 2 is 1.85 bits per heavy atom. The molecule has 5 nitrogen and oxygen atoms in total. The minimum absolute atomic E-state index is 0.00438. The molecule has 1 heterocycles. The summed E-state index contributed by atoms with van der Waals surface area (Å²) in [5.74, 6) is -0.866. The second-order valence-corrected chi connectivity index (χ2v) is 6.01. The van der Waals surface area contributed by atoms with E-state index in [1.165, 1.54) is 6.08 Å². The zero-order valence-electron chi connectivity index (χ0n) is 10.6. The Balaban J connectivity index is 2.26. The van der Waals surface area contributed by atoms with E-state index in [0.717, 1.165) is 19.4 Å². The van der Waals surface area contributed by atoms with E-state index in [2.05, 4.69) is 37.2 Å². The van der Waals surface area contributed by atoms with E-state index in [9.17, 15) is 9.59 Å². The predicted octanol–water partition coefficient (Wildman–Crippen LogP) is 2.18. The molecule has 0 aliphatic carbocycles. The molecule has 0 atom stereocenters. The third-order valence-electron chi connectivity index (χ3n) is 2.78. The van der Waals surface area contributed by atoms with Crippen LogP contribution >= 0.6 is 31.9 Å². The smallest absolute Gasteiger partial charge is 0.277 e. The first-order valence-electron chi connectivity index (χ1n) is 5.85. The molecule has 1 aromatic carbocycles. The summed E-state index contributed by atoms with van der Waals surface area (Å²) in [5.41, 5.74) is 1.92. The summed E-state index contributed by atoms with van der Waals surface area (Å²) in [6.07, 6.45) is 1.23. The first-order chi connectivity index (χ1) is 9.43. The summed E-state index contributed by atoms with van der Waals surface area (Å²) in [6.45, 7) is 1.69. The van der Waals surface area contributed by atoms with Crippen LogP contribution in [0.5, 0.6) is 0 Å². The van der Waals surface area contributed by atoms with Gasteiger partial charge in [0.1, 0.15) is 5.70 Å². The molecule has 0 aromatic heterocycles. The fraction of sp³-hybridized carbons (Fsp3) is 0.231. The number of rotatable bonds is 4. The van der Waals surface area contributed by atoms with Gasteiger partial charge in [-0.25, -0.2) is 0 Å². The lowest BCUT2D eigenvalue weighted by molar-refractivity contribution is -0.137. The van der Waals surface area contributed by atoms with Gasteiger partial charge in [0.2, 0.25) is 0 Å². The number of nitrogens with zero attached hydrogens (tertiary/aromatic N) is 1. The van der Waals surface area contributed by atoms with Crippen LogP contribution < -0.4 is 5.32 Å². The number of benzene rings is 1. The van der Waals surface area contributed by atoms with Gasteiger partial charge in [0.25, 0.3) is 11.8 Å². The number of anilines is 1. The molecule has 0 unspecified atom stereocenters. The van der Waals surface area contributed by atoms with Crippen LogP contribution in [0.4, 0.5) is 5.69 Å². The second kappa shape index (κ2) is 6.07. The Morgan fingerprint density at radius 3 is 2.40 bits per heavy atom. The van der Waals surface area contributed by atoms with Gasteiger partial charge in [0.15, 0.2) is 0 Å². The Hall–Kier alpha value is -1.18. The molecule has 2 amide bonds. The number of imide groups is 1. The normalized spacial score (nSPS) is 14.8. The van der Waals surface area contributed by atoms with Crippen molar-refractivity contribution in [3.8, 4) is 0 Å². The number of hydrogen-bond acceptors (Lipinski definition) is 4. The topological polar surface area (TPSA) is 69.6 Å². The van der Waals surface area contributed by atoms with Crippen molar-refractivity contribution in [1.29, 1.82) is 0 Å². The summed E-state index contributed by atoms with van der Waals surface area (Å²) in [6, 6.07) is 3.81. The van der Waals surface area contributed by atoms with Crippen LogP contribution in [0.3, 0.4) is 0 Å². The van der Waals surface area contributed by atoms with Gasteiger partial charge in [0.05, 0.1) is 18.8 Å². The molecule has 0 fully saturated rings. The fourth-order valence-corrected chi connectivity index (χ4v) is 3.48. The van der Waals surface area contributed by atoms with Crippen LogP contribution in [0.2, 0.25) is 0 Å². The molecule has 2 N–H and O–H groups in total. The van der Waals surface area contributed by atoms with E-state index < -0.39 is 11.8 Å². The van der Waals surface area contributed by atoms with Crippen molar-refractivity contribution < 1.29 is 14.7 Å². The standard InChI is InChI=1S/C13H12Br2N2O3/c1-7-4-8(14)12(9(15)5-7)16-10-6-11(19)17(2-3-18)13(10)20/h4-6,16,18H,2-3H2,1H3. The van der Waals surface area contributed by atoms with Crippen LogP contribution in [-0.4, -0.2) is 35.0 Å². The Bertz CT molecular complexity index is 591. The third kappa shape index (κ3) is 2.94. The quantitative estimate of drug-likeness (QED) is 0.756. The van der Waals surface area contributed by atoms with Crippen molar-refractivity contribution >= 4 is 49.4 Å². The van der Waals surface area contributed by atoms with Gasteiger partial charge >= 0.3 is 0 Å². The highest BCUT2D eigenvalue weighted by molar-refractivity contribution is 9.11. The fourth-order valence-electron chi connectivity index (χ4n) is 1.86. The number of carbonyl (C=O) groups is 2. The molecule has 1 aliphatic heterocycles. The molecular formula is C13H12Br2N2O3. The van der Waals surface area contributed by atoms with Crippen molar-refractivity contribution in [2.24, 2.45) is 0 Å². The van der Waals surface area contributed by atoms with Gasteiger partial charge in [-0.1, -0.05) is 0 Å². The van der Waals surface area contributed by atoms with Gasteiger partial charge < -0.3 is 10.4 Å². The highest BCUT2D eigenvalue weighted by Crippen LogP contribution is 2.34. The maximum atomic E-state index is 12.0. The van der Waals surface area contributed by atoms with Crippen LogP contribution in [-0.2, 0) is 9.59 Å². The van der Waals surface area contributed by atoms with E-state index in [-0.39, 0.29) is 18.8 Å². The van der Waals surface area contributed by atoms with Crippen molar-refractivity contribution in [1.82, 2.24) is 4.90 Å². The molecule has 2 rings (SSSR count). The number of amides is 2. The lowest BCUT2D eigenvalue weighted by Gasteiger charge is -2.15. The Kier molecular flexibility index (Phi) is 4.62. The largest absolute Gasteiger partial charge is 0.395 e. The van der Waals surface area contributed by atoms with Crippen LogP contribution in [0.1, 0.15) is 5.56 Å². The van der Waals surface area contributed by atoms with Crippen molar-refractivity contribution in [2.75, 3.05) is 18.5 Å². The minimum Gasteiger partial charge on any atom is -0.395 e. The van der Waals surface area contributed by atoms with E-state index in [0.29, 0.717) is 5.69 Å². The van der Waals surface area contributed by atoms with E-state index in [1.807, 2.05) is 19.1 Å². The number of nitrogens with one attached hydrogen (secondary N) is 1. The molecule has 0 radical (unpaired) electrons. The third-order valence-corrected chi connectivity index (χ3v) is 4.03. The molecule has 20 heavy (non-hydrogen) atoms. The maximum Gasteiger partial charge on any atom is 0.277 e. The van der Waals surface area contributed by atoms with E-state index in [4.69, 9.17) is 5.11 Å². The van der Waals surface area contributed by atoms with Crippen LogP contribution in [0, 0.1) is 6.92 Å². The monoisotopic (exact) mass is 402 g/mol.